The Balaban J connectivity index is 2.36. The van der Waals surface area contributed by atoms with Gasteiger partial charge in [-0.1, -0.05) is 36.2 Å². The van der Waals surface area contributed by atoms with Gasteiger partial charge in [0, 0.05) is 34.5 Å². The van der Waals surface area contributed by atoms with E-state index in [1.165, 1.54) is 0 Å². The molecule has 1 aromatic carbocycles. The van der Waals surface area contributed by atoms with E-state index in [-0.39, 0.29) is 12.5 Å². The van der Waals surface area contributed by atoms with Crippen molar-refractivity contribution in [3.63, 3.8) is 0 Å². The van der Waals surface area contributed by atoms with Crippen LogP contribution in [0.2, 0.25) is 10.0 Å². The highest BCUT2D eigenvalue weighted by Gasteiger charge is 2.26. The zero-order valence-electron chi connectivity index (χ0n) is 11.1. The Kier molecular flexibility index (Phi) is 5.11. The molecular weight excluding hydrogens is 297 g/mol. The third kappa shape index (κ3) is 3.01. The molecule has 0 amide bonds. The summed E-state index contributed by atoms with van der Waals surface area (Å²) in [4.78, 5) is 0. The molecule has 2 aromatic rings. The normalized spacial score (nSPS) is 14.2. The minimum absolute atomic E-state index is 0.275. The molecule has 3 N–H and O–H groups in total. The van der Waals surface area contributed by atoms with Crippen LogP contribution in [0.4, 0.5) is 0 Å². The number of hydrogen-bond acceptors (Lipinski definition) is 3. The molecule has 0 saturated heterocycles. The van der Waals surface area contributed by atoms with Crippen molar-refractivity contribution < 1.29 is 9.52 Å². The number of hydrogen-bond donors (Lipinski definition) is 2. The number of furan rings is 1. The third-order valence-corrected chi connectivity index (χ3v) is 3.98. The summed E-state index contributed by atoms with van der Waals surface area (Å²) in [5, 5.41) is 11.7. The van der Waals surface area contributed by atoms with E-state index in [0.717, 1.165) is 16.9 Å². The van der Waals surface area contributed by atoms with Crippen molar-refractivity contribution in [2.75, 3.05) is 6.54 Å². The minimum atomic E-state index is -0.757. The van der Waals surface area contributed by atoms with E-state index in [1.54, 1.807) is 30.5 Å². The van der Waals surface area contributed by atoms with Crippen molar-refractivity contribution >= 4 is 23.2 Å². The van der Waals surface area contributed by atoms with Crippen LogP contribution in [0.3, 0.4) is 0 Å². The first-order valence-electron chi connectivity index (χ1n) is 6.47. The monoisotopic (exact) mass is 313 g/mol. The highest BCUT2D eigenvalue weighted by molar-refractivity contribution is 6.35. The molecule has 0 aliphatic rings. The quantitative estimate of drug-likeness (QED) is 0.879. The van der Waals surface area contributed by atoms with Crippen LogP contribution >= 0.6 is 23.2 Å². The van der Waals surface area contributed by atoms with Crippen molar-refractivity contribution in [3.05, 3.63) is 57.5 Å². The molecule has 0 saturated carbocycles. The van der Waals surface area contributed by atoms with Crippen LogP contribution < -0.4 is 5.73 Å². The Hall–Kier alpha value is -1.000. The van der Waals surface area contributed by atoms with E-state index in [9.17, 15) is 5.11 Å². The summed E-state index contributed by atoms with van der Waals surface area (Å²) in [6.45, 7) is 2.25. The van der Waals surface area contributed by atoms with Crippen molar-refractivity contribution in [2.24, 2.45) is 5.73 Å². The molecule has 108 valence electrons. The second-order valence-electron chi connectivity index (χ2n) is 4.61. The second-order valence-corrected chi connectivity index (χ2v) is 5.45. The predicted molar refractivity (Wildman–Crippen MR) is 81.3 cm³/mol. The third-order valence-electron chi connectivity index (χ3n) is 3.42. The molecule has 0 fully saturated rings. The number of nitrogens with two attached hydrogens (primary N) is 1. The van der Waals surface area contributed by atoms with Crippen molar-refractivity contribution in [1.82, 2.24) is 0 Å². The van der Waals surface area contributed by atoms with E-state index in [1.807, 2.05) is 6.92 Å². The zero-order valence-corrected chi connectivity index (χ0v) is 12.7. The van der Waals surface area contributed by atoms with Gasteiger partial charge < -0.3 is 15.3 Å². The Morgan fingerprint density at radius 1 is 1.25 bits per heavy atom. The summed E-state index contributed by atoms with van der Waals surface area (Å²) >= 11 is 12.1. The highest BCUT2D eigenvalue weighted by atomic mass is 35.5. The largest absolute Gasteiger partial charge is 0.469 e. The average Bonchev–Trinajstić information content (AvgIpc) is 2.90. The van der Waals surface area contributed by atoms with E-state index in [0.29, 0.717) is 16.5 Å². The number of aliphatic hydroxyl groups excluding tert-OH is 1. The lowest BCUT2D eigenvalue weighted by atomic mass is 9.89. The summed E-state index contributed by atoms with van der Waals surface area (Å²) in [6.07, 6.45) is 1.53. The fourth-order valence-corrected chi connectivity index (χ4v) is 2.89. The highest BCUT2D eigenvalue weighted by Crippen LogP contribution is 2.36. The van der Waals surface area contributed by atoms with Crippen molar-refractivity contribution in [3.8, 4) is 0 Å². The molecule has 5 heteroatoms. The van der Waals surface area contributed by atoms with Gasteiger partial charge in [0.25, 0.3) is 0 Å². The van der Waals surface area contributed by atoms with Gasteiger partial charge in [-0.25, -0.2) is 0 Å². The maximum absolute atomic E-state index is 10.6. The molecule has 2 rings (SSSR count). The number of aliphatic hydroxyl groups is 1. The van der Waals surface area contributed by atoms with E-state index in [2.05, 4.69) is 0 Å². The molecule has 20 heavy (non-hydrogen) atoms. The number of halogens is 2. The fraction of sp³-hybridized carbons (Fsp3) is 0.333. The number of rotatable bonds is 5. The topological polar surface area (TPSA) is 59.4 Å². The van der Waals surface area contributed by atoms with Crippen LogP contribution in [0, 0.1) is 0 Å². The molecule has 3 nitrogen and oxygen atoms in total. The first kappa shape index (κ1) is 15.4. The van der Waals surface area contributed by atoms with Crippen LogP contribution in [0.25, 0.3) is 0 Å². The fourth-order valence-electron chi connectivity index (χ4n) is 2.35. The maximum atomic E-state index is 10.6. The lowest BCUT2D eigenvalue weighted by molar-refractivity contribution is 0.145. The van der Waals surface area contributed by atoms with Gasteiger partial charge in [-0.3, -0.25) is 0 Å². The van der Waals surface area contributed by atoms with Gasteiger partial charge in [-0.2, -0.15) is 0 Å². The molecular formula is C15H17Cl2NO2. The van der Waals surface area contributed by atoms with Gasteiger partial charge in [-0.05, 0) is 23.8 Å². The Morgan fingerprint density at radius 2 is 2.00 bits per heavy atom. The van der Waals surface area contributed by atoms with Gasteiger partial charge >= 0.3 is 0 Å². The molecule has 1 aromatic heterocycles. The Morgan fingerprint density at radius 3 is 2.60 bits per heavy atom. The average molecular weight is 314 g/mol. The summed E-state index contributed by atoms with van der Waals surface area (Å²) in [5.41, 5.74) is 7.37. The number of aryl methyl sites for hydroxylation is 1. The molecule has 2 atom stereocenters. The van der Waals surface area contributed by atoms with E-state index >= 15 is 0 Å². The zero-order chi connectivity index (χ0) is 14.7. The lowest BCUT2D eigenvalue weighted by Gasteiger charge is -2.23. The van der Waals surface area contributed by atoms with Crippen LogP contribution in [0.15, 0.2) is 34.9 Å². The summed E-state index contributed by atoms with van der Waals surface area (Å²) in [6, 6.07) is 6.98. The second kappa shape index (κ2) is 6.64. The van der Waals surface area contributed by atoms with E-state index < -0.39 is 6.10 Å². The summed E-state index contributed by atoms with van der Waals surface area (Å²) < 4.78 is 5.36. The summed E-state index contributed by atoms with van der Waals surface area (Å²) in [7, 11) is 0. The standard InChI is InChI=1S/C15H17Cl2NO2/c1-2-14-11(5-6-20-14)15(19)12(8-18)10-4-3-9(16)7-13(10)17/h3-7,12,15,19H,2,8,18H2,1H3. The van der Waals surface area contributed by atoms with Gasteiger partial charge in [-0.15, -0.1) is 0 Å². The van der Waals surface area contributed by atoms with Gasteiger partial charge in [0.2, 0.25) is 0 Å². The first-order valence-corrected chi connectivity index (χ1v) is 7.23. The summed E-state index contributed by atoms with van der Waals surface area (Å²) in [5.74, 6) is 0.462. The molecule has 1 heterocycles. The number of benzene rings is 1. The Labute approximate surface area is 128 Å². The van der Waals surface area contributed by atoms with Crippen LogP contribution in [0.5, 0.6) is 0 Å². The Bertz CT molecular complexity index is 583. The molecule has 0 aliphatic heterocycles. The first-order chi connectivity index (χ1) is 9.58. The molecule has 0 bridgehead atoms. The van der Waals surface area contributed by atoms with Gasteiger partial charge in [0.05, 0.1) is 12.4 Å². The van der Waals surface area contributed by atoms with Crippen LogP contribution in [-0.4, -0.2) is 11.7 Å². The van der Waals surface area contributed by atoms with Gasteiger partial charge in [0.1, 0.15) is 5.76 Å². The minimum Gasteiger partial charge on any atom is -0.469 e. The lowest BCUT2D eigenvalue weighted by Crippen LogP contribution is -2.21. The van der Waals surface area contributed by atoms with Gasteiger partial charge in [0.15, 0.2) is 0 Å². The SMILES string of the molecule is CCc1occc1C(O)C(CN)c1ccc(Cl)cc1Cl. The molecule has 0 spiro atoms. The smallest absolute Gasteiger partial charge is 0.109 e. The van der Waals surface area contributed by atoms with Crippen molar-refractivity contribution in [2.45, 2.75) is 25.4 Å². The van der Waals surface area contributed by atoms with Crippen LogP contribution in [0.1, 0.15) is 35.8 Å². The van der Waals surface area contributed by atoms with Crippen LogP contribution in [-0.2, 0) is 6.42 Å². The molecule has 0 aliphatic carbocycles. The maximum Gasteiger partial charge on any atom is 0.109 e. The molecule has 2 unspecified atom stereocenters. The van der Waals surface area contributed by atoms with Crippen molar-refractivity contribution in [1.29, 1.82) is 0 Å². The predicted octanol–water partition coefficient (Wildman–Crippen LogP) is 3.92. The molecule has 0 radical (unpaired) electrons. The van der Waals surface area contributed by atoms with E-state index in [4.69, 9.17) is 33.4 Å².